The van der Waals surface area contributed by atoms with Gasteiger partial charge < -0.3 is 14.6 Å². The number of carbonyl (C=O) groups is 1. The lowest BCUT2D eigenvalue weighted by atomic mass is 10.2. The standard InChI is InChI=1S/C15H11F2NO6S/c16-10-2-1-3-11(17)13(10)18-25(21,22)8-6-9(15(19)20)14-12(7-8)23-4-5-24-14/h1-3,6-7,18H,4-5H2,(H,19,20). The van der Waals surface area contributed by atoms with Crippen LogP contribution in [0.25, 0.3) is 0 Å². The minimum atomic E-state index is -4.48. The molecule has 1 aliphatic rings. The van der Waals surface area contributed by atoms with Crippen LogP contribution in [0.3, 0.4) is 0 Å². The normalized spacial score (nSPS) is 13.4. The van der Waals surface area contributed by atoms with Gasteiger partial charge in [-0.3, -0.25) is 4.72 Å². The van der Waals surface area contributed by atoms with Crippen molar-refractivity contribution in [1.82, 2.24) is 0 Å². The highest BCUT2D eigenvalue weighted by molar-refractivity contribution is 7.92. The molecule has 0 aliphatic carbocycles. The third-order valence-electron chi connectivity index (χ3n) is 3.36. The Morgan fingerprint density at radius 1 is 1.12 bits per heavy atom. The minimum absolute atomic E-state index is 0.0828. The number of hydrogen-bond donors (Lipinski definition) is 2. The van der Waals surface area contributed by atoms with Crippen LogP contribution in [-0.2, 0) is 10.0 Å². The zero-order valence-electron chi connectivity index (χ0n) is 12.5. The van der Waals surface area contributed by atoms with E-state index in [1.165, 1.54) is 0 Å². The topological polar surface area (TPSA) is 102 Å². The van der Waals surface area contributed by atoms with Crippen LogP contribution in [0, 0.1) is 11.6 Å². The maximum absolute atomic E-state index is 13.7. The molecule has 0 radical (unpaired) electrons. The van der Waals surface area contributed by atoms with E-state index in [-0.39, 0.29) is 24.7 Å². The molecular formula is C15H11F2NO6S. The van der Waals surface area contributed by atoms with Crippen molar-refractivity contribution < 1.29 is 36.6 Å². The lowest BCUT2D eigenvalue weighted by molar-refractivity contribution is 0.0685. The molecule has 1 aliphatic heterocycles. The summed E-state index contributed by atoms with van der Waals surface area (Å²) in [6.07, 6.45) is 0. The van der Waals surface area contributed by atoms with Gasteiger partial charge in [-0.15, -0.1) is 0 Å². The fourth-order valence-electron chi connectivity index (χ4n) is 2.23. The quantitative estimate of drug-likeness (QED) is 0.855. The van der Waals surface area contributed by atoms with Crippen LogP contribution < -0.4 is 14.2 Å². The predicted octanol–water partition coefficient (Wildman–Crippen LogP) is 2.24. The van der Waals surface area contributed by atoms with Gasteiger partial charge in [-0.2, -0.15) is 0 Å². The molecule has 0 saturated heterocycles. The number of aromatic carboxylic acids is 1. The molecule has 0 atom stereocenters. The Morgan fingerprint density at radius 2 is 1.76 bits per heavy atom. The first kappa shape index (κ1) is 17.0. The second kappa shape index (κ2) is 6.20. The summed E-state index contributed by atoms with van der Waals surface area (Å²) in [7, 11) is -4.48. The van der Waals surface area contributed by atoms with E-state index in [2.05, 4.69) is 0 Å². The van der Waals surface area contributed by atoms with Gasteiger partial charge in [0.05, 0.1) is 4.90 Å². The number of fused-ring (bicyclic) bond motifs is 1. The van der Waals surface area contributed by atoms with E-state index >= 15 is 0 Å². The molecule has 132 valence electrons. The van der Waals surface area contributed by atoms with Gasteiger partial charge in [0.2, 0.25) is 0 Å². The summed E-state index contributed by atoms with van der Waals surface area (Å²) in [6, 6.07) is 4.70. The van der Waals surface area contributed by atoms with E-state index in [0.717, 1.165) is 30.3 Å². The maximum Gasteiger partial charge on any atom is 0.339 e. The summed E-state index contributed by atoms with van der Waals surface area (Å²) < 4.78 is 64.4. The second-order valence-electron chi connectivity index (χ2n) is 5.00. The van der Waals surface area contributed by atoms with E-state index in [1.807, 2.05) is 0 Å². The SMILES string of the molecule is O=C(O)c1cc(S(=O)(=O)Nc2c(F)cccc2F)cc2c1OCCO2. The summed E-state index contributed by atoms with van der Waals surface area (Å²) in [5, 5.41) is 9.24. The predicted molar refractivity (Wildman–Crippen MR) is 81.6 cm³/mol. The van der Waals surface area contributed by atoms with Gasteiger partial charge in [-0.05, 0) is 18.2 Å². The molecule has 10 heteroatoms. The van der Waals surface area contributed by atoms with Crippen LogP contribution in [0.4, 0.5) is 14.5 Å². The fourth-order valence-corrected chi connectivity index (χ4v) is 3.35. The number of carboxylic acid groups (broad SMARTS) is 1. The van der Waals surface area contributed by atoms with Crippen molar-refractivity contribution in [2.45, 2.75) is 4.90 Å². The molecule has 2 N–H and O–H groups in total. The van der Waals surface area contributed by atoms with Crippen molar-refractivity contribution in [2.24, 2.45) is 0 Å². The van der Waals surface area contributed by atoms with Crippen molar-refractivity contribution >= 4 is 21.7 Å². The molecule has 0 saturated carbocycles. The molecule has 0 bridgehead atoms. The maximum atomic E-state index is 13.7. The van der Waals surface area contributed by atoms with Crippen LogP contribution in [0.2, 0.25) is 0 Å². The summed E-state index contributed by atoms with van der Waals surface area (Å²) in [4.78, 5) is 10.8. The lowest BCUT2D eigenvalue weighted by Crippen LogP contribution is -2.20. The Bertz CT molecular complexity index is 940. The zero-order valence-corrected chi connectivity index (χ0v) is 13.3. The number of halogens is 2. The van der Waals surface area contributed by atoms with Crippen LogP contribution in [0.1, 0.15) is 10.4 Å². The number of hydrogen-bond acceptors (Lipinski definition) is 5. The molecule has 0 fully saturated rings. The van der Waals surface area contributed by atoms with E-state index in [9.17, 15) is 27.1 Å². The molecule has 0 spiro atoms. The molecule has 7 nitrogen and oxygen atoms in total. The molecule has 0 amide bonds. The Balaban J connectivity index is 2.09. The molecule has 2 aromatic carbocycles. The van der Waals surface area contributed by atoms with Crippen LogP contribution >= 0.6 is 0 Å². The molecule has 1 heterocycles. The Labute approximate surface area is 140 Å². The van der Waals surface area contributed by atoms with Crippen molar-refractivity contribution in [3.05, 3.63) is 47.5 Å². The average Bonchev–Trinajstić information content (AvgIpc) is 2.57. The first-order chi connectivity index (χ1) is 11.8. The third-order valence-corrected chi connectivity index (χ3v) is 4.68. The average molecular weight is 371 g/mol. The first-order valence-electron chi connectivity index (χ1n) is 6.93. The fraction of sp³-hybridized carbons (Fsp3) is 0.133. The number of anilines is 1. The highest BCUT2D eigenvalue weighted by Gasteiger charge is 2.27. The van der Waals surface area contributed by atoms with E-state index < -0.39 is 43.8 Å². The van der Waals surface area contributed by atoms with Crippen molar-refractivity contribution in [2.75, 3.05) is 17.9 Å². The first-order valence-corrected chi connectivity index (χ1v) is 8.41. The van der Waals surface area contributed by atoms with E-state index in [0.29, 0.717) is 0 Å². The summed E-state index contributed by atoms with van der Waals surface area (Å²) in [6.45, 7) is 0.211. The Morgan fingerprint density at radius 3 is 2.40 bits per heavy atom. The highest BCUT2D eigenvalue weighted by atomic mass is 32.2. The number of sulfonamides is 1. The van der Waals surface area contributed by atoms with Gasteiger partial charge in [0.15, 0.2) is 11.5 Å². The van der Waals surface area contributed by atoms with E-state index in [4.69, 9.17) is 9.47 Å². The van der Waals surface area contributed by atoms with Crippen LogP contribution in [-0.4, -0.2) is 32.7 Å². The molecule has 2 aromatic rings. The minimum Gasteiger partial charge on any atom is -0.486 e. The molecule has 3 rings (SSSR count). The number of carboxylic acids is 1. The van der Waals surface area contributed by atoms with Crippen LogP contribution in [0.5, 0.6) is 11.5 Å². The van der Waals surface area contributed by atoms with Gasteiger partial charge in [-0.25, -0.2) is 22.0 Å². The number of ether oxygens (including phenoxy) is 2. The van der Waals surface area contributed by atoms with Crippen molar-refractivity contribution in [3.63, 3.8) is 0 Å². The number of nitrogens with one attached hydrogen (secondary N) is 1. The Hall–Kier alpha value is -2.88. The third kappa shape index (κ3) is 3.20. The molecule has 0 unspecified atom stereocenters. The van der Waals surface area contributed by atoms with Gasteiger partial charge in [0, 0.05) is 6.07 Å². The number of benzene rings is 2. The zero-order chi connectivity index (χ0) is 18.2. The van der Waals surface area contributed by atoms with Gasteiger partial charge >= 0.3 is 5.97 Å². The molecule has 25 heavy (non-hydrogen) atoms. The highest BCUT2D eigenvalue weighted by Crippen LogP contribution is 2.37. The largest absolute Gasteiger partial charge is 0.486 e. The van der Waals surface area contributed by atoms with E-state index in [1.54, 1.807) is 4.72 Å². The summed E-state index contributed by atoms with van der Waals surface area (Å²) in [5.41, 5.74) is -1.30. The Kier molecular flexibility index (Phi) is 4.21. The smallest absolute Gasteiger partial charge is 0.339 e. The monoisotopic (exact) mass is 371 g/mol. The lowest BCUT2D eigenvalue weighted by Gasteiger charge is -2.21. The summed E-state index contributed by atoms with van der Waals surface area (Å²) in [5.74, 6) is -3.84. The summed E-state index contributed by atoms with van der Waals surface area (Å²) >= 11 is 0. The van der Waals surface area contributed by atoms with Crippen molar-refractivity contribution in [1.29, 1.82) is 0 Å². The second-order valence-corrected chi connectivity index (χ2v) is 6.68. The molecular weight excluding hydrogens is 360 g/mol. The van der Waals surface area contributed by atoms with Crippen molar-refractivity contribution in [3.8, 4) is 11.5 Å². The van der Waals surface area contributed by atoms with Crippen LogP contribution in [0.15, 0.2) is 35.2 Å². The number of para-hydroxylation sites is 1. The van der Waals surface area contributed by atoms with Gasteiger partial charge in [0.1, 0.15) is 36.1 Å². The van der Waals surface area contributed by atoms with Gasteiger partial charge in [-0.1, -0.05) is 6.07 Å². The molecule has 0 aromatic heterocycles. The van der Waals surface area contributed by atoms with Gasteiger partial charge in [0.25, 0.3) is 10.0 Å². The number of rotatable bonds is 4.